The van der Waals surface area contributed by atoms with Crippen LogP contribution in [0.1, 0.15) is 36.6 Å². The fourth-order valence-electron chi connectivity index (χ4n) is 3.19. The van der Waals surface area contributed by atoms with Crippen molar-refractivity contribution in [1.82, 2.24) is 30.0 Å². The van der Waals surface area contributed by atoms with Crippen LogP contribution in [0.4, 0.5) is 0 Å². The second-order valence-electron chi connectivity index (χ2n) is 6.06. The predicted octanol–water partition coefficient (Wildman–Crippen LogP) is 0.127. The Hall–Kier alpha value is -2.48. The second-order valence-corrected chi connectivity index (χ2v) is 6.06. The number of carbonyl (C=O) groups is 1. The highest BCUT2D eigenvalue weighted by Gasteiger charge is 2.39. The number of hydrogen-bond acceptors (Lipinski definition) is 5. The van der Waals surface area contributed by atoms with Crippen LogP contribution >= 0.6 is 0 Å². The summed E-state index contributed by atoms with van der Waals surface area (Å²) in [5, 5.41) is 7.57. The zero-order chi connectivity index (χ0) is 17.3. The van der Waals surface area contributed by atoms with E-state index in [1.165, 1.54) is 6.07 Å². The van der Waals surface area contributed by atoms with Crippen LogP contribution in [-0.4, -0.2) is 43.6 Å². The van der Waals surface area contributed by atoms with Gasteiger partial charge >= 0.3 is 0 Å². The molecule has 1 aliphatic rings. The molecule has 8 nitrogen and oxygen atoms in total. The maximum Gasteiger partial charge on any atom is 0.251 e. The number of aromatic amines is 1. The molecular weight excluding hydrogens is 308 g/mol. The lowest BCUT2D eigenvalue weighted by molar-refractivity contribution is -0.127. The Morgan fingerprint density at radius 1 is 1.38 bits per heavy atom. The first-order valence-electron chi connectivity index (χ1n) is 8.05. The molecule has 0 aromatic carbocycles. The number of amides is 1. The Labute approximate surface area is 139 Å². The van der Waals surface area contributed by atoms with Crippen molar-refractivity contribution < 1.29 is 4.79 Å². The fourth-order valence-corrected chi connectivity index (χ4v) is 3.19. The van der Waals surface area contributed by atoms with E-state index in [1.54, 1.807) is 22.8 Å². The smallest absolute Gasteiger partial charge is 0.251 e. The number of likely N-dealkylation sites (N-methyl/N-ethyl adjacent to an activating group) is 1. The monoisotopic (exact) mass is 330 g/mol. The zero-order valence-electron chi connectivity index (χ0n) is 14.1. The van der Waals surface area contributed by atoms with Gasteiger partial charge < -0.3 is 15.2 Å². The lowest BCUT2D eigenvalue weighted by Crippen LogP contribution is -2.36. The molecular formula is C16H22N6O2. The minimum atomic E-state index is -0.151. The minimum absolute atomic E-state index is 0.0616. The quantitative estimate of drug-likeness (QED) is 0.812. The number of nitrogens with one attached hydrogen (secondary N) is 2. The van der Waals surface area contributed by atoms with Crippen LogP contribution < -0.4 is 10.9 Å². The highest BCUT2D eigenvalue weighted by atomic mass is 16.2. The lowest BCUT2D eigenvalue weighted by Gasteiger charge is -2.25. The van der Waals surface area contributed by atoms with Crippen molar-refractivity contribution in [2.45, 2.75) is 38.4 Å². The molecule has 3 heterocycles. The Morgan fingerprint density at radius 3 is 2.83 bits per heavy atom. The van der Waals surface area contributed by atoms with E-state index in [0.29, 0.717) is 25.2 Å². The number of aromatic nitrogens is 4. The molecule has 3 rings (SSSR count). The number of hydrogen-bond donors (Lipinski definition) is 2. The molecule has 0 unspecified atom stereocenters. The van der Waals surface area contributed by atoms with E-state index in [2.05, 4.69) is 20.4 Å². The first-order chi connectivity index (χ1) is 11.5. The van der Waals surface area contributed by atoms with Gasteiger partial charge in [0.2, 0.25) is 5.91 Å². The van der Waals surface area contributed by atoms with Crippen molar-refractivity contribution in [3.63, 3.8) is 0 Å². The van der Waals surface area contributed by atoms with Crippen molar-refractivity contribution in [2.24, 2.45) is 7.05 Å². The summed E-state index contributed by atoms with van der Waals surface area (Å²) < 4.78 is 1.78. The molecule has 1 aliphatic heterocycles. The fraction of sp³-hybridized carbons (Fsp3) is 0.500. The summed E-state index contributed by atoms with van der Waals surface area (Å²) in [4.78, 5) is 32.7. The second kappa shape index (κ2) is 6.56. The Bertz CT molecular complexity index is 796. The highest BCUT2D eigenvalue weighted by molar-refractivity contribution is 5.80. The average molecular weight is 330 g/mol. The molecule has 1 fully saturated rings. The topological polar surface area (TPSA) is 95.9 Å². The SMILES string of the molecule is CCc1cc(=O)[nH]c(CN[C@@H]2CC(=O)N(C)[C@H]2c2ccnn2C)n1. The summed E-state index contributed by atoms with van der Waals surface area (Å²) >= 11 is 0. The first kappa shape index (κ1) is 16.4. The summed E-state index contributed by atoms with van der Waals surface area (Å²) in [6, 6.07) is 3.28. The summed E-state index contributed by atoms with van der Waals surface area (Å²) in [5.41, 5.74) is 1.59. The molecule has 8 heteroatoms. The van der Waals surface area contributed by atoms with Crippen LogP contribution in [0.3, 0.4) is 0 Å². The van der Waals surface area contributed by atoms with Gasteiger partial charge in [-0.05, 0) is 12.5 Å². The third-order valence-corrected chi connectivity index (χ3v) is 4.49. The van der Waals surface area contributed by atoms with Gasteiger partial charge in [0, 0.05) is 44.5 Å². The molecule has 24 heavy (non-hydrogen) atoms. The molecule has 2 N–H and O–H groups in total. The molecule has 0 radical (unpaired) electrons. The molecule has 1 amide bonds. The third-order valence-electron chi connectivity index (χ3n) is 4.49. The molecule has 1 saturated heterocycles. The highest BCUT2D eigenvalue weighted by Crippen LogP contribution is 2.31. The molecule has 2 atom stereocenters. The largest absolute Gasteiger partial charge is 0.336 e. The Balaban J connectivity index is 1.78. The molecule has 0 bridgehead atoms. The standard InChI is InChI=1S/C16H22N6O2/c1-4-10-7-14(23)20-13(19-10)9-17-11-8-15(24)21(2)16(11)12-5-6-18-22(12)3/h5-7,11,16-17H,4,8-9H2,1-3H3,(H,19,20,23)/t11-,16-/m1/s1. The van der Waals surface area contributed by atoms with Crippen molar-refractivity contribution >= 4 is 5.91 Å². The van der Waals surface area contributed by atoms with E-state index in [0.717, 1.165) is 11.4 Å². The summed E-state index contributed by atoms with van der Waals surface area (Å²) in [6.45, 7) is 2.37. The van der Waals surface area contributed by atoms with Crippen LogP contribution in [0.25, 0.3) is 0 Å². The number of likely N-dealkylation sites (tertiary alicyclic amines) is 1. The number of aryl methyl sites for hydroxylation is 2. The molecule has 2 aromatic rings. The molecule has 128 valence electrons. The maximum absolute atomic E-state index is 12.2. The van der Waals surface area contributed by atoms with E-state index >= 15 is 0 Å². The van der Waals surface area contributed by atoms with Gasteiger partial charge in [-0.15, -0.1) is 0 Å². The number of nitrogens with zero attached hydrogens (tertiary/aromatic N) is 4. The molecule has 0 spiro atoms. The Morgan fingerprint density at radius 2 is 2.17 bits per heavy atom. The van der Waals surface area contributed by atoms with Crippen molar-refractivity contribution in [2.75, 3.05) is 7.05 Å². The Kier molecular flexibility index (Phi) is 4.48. The maximum atomic E-state index is 12.2. The van der Waals surface area contributed by atoms with Gasteiger partial charge in [0.25, 0.3) is 5.56 Å². The summed E-state index contributed by atoms with van der Waals surface area (Å²) in [6.07, 6.45) is 2.84. The van der Waals surface area contributed by atoms with Crippen LogP contribution in [0.5, 0.6) is 0 Å². The van der Waals surface area contributed by atoms with Crippen LogP contribution in [0.15, 0.2) is 23.1 Å². The van der Waals surface area contributed by atoms with Gasteiger partial charge in [-0.2, -0.15) is 5.10 Å². The first-order valence-corrected chi connectivity index (χ1v) is 8.05. The molecule has 0 saturated carbocycles. The number of rotatable bonds is 5. The van der Waals surface area contributed by atoms with E-state index in [4.69, 9.17) is 0 Å². The van der Waals surface area contributed by atoms with Gasteiger partial charge in [0.05, 0.1) is 18.3 Å². The third kappa shape index (κ3) is 3.09. The van der Waals surface area contributed by atoms with Crippen LogP contribution in [0.2, 0.25) is 0 Å². The van der Waals surface area contributed by atoms with Crippen LogP contribution in [0, 0.1) is 0 Å². The van der Waals surface area contributed by atoms with Gasteiger partial charge in [-0.3, -0.25) is 14.3 Å². The summed E-state index contributed by atoms with van der Waals surface area (Å²) in [5.74, 6) is 0.674. The van der Waals surface area contributed by atoms with Crippen molar-refractivity contribution in [3.05, 3.63) is 45.9 Å². The van der Waals surface area contributed by atoms with Gasteiger partial charge in [-0.25, -0.2) is 4.98 Å². The average Bonchev–Trinajstić information content (AvgIpc) is 3.08. The summed E-state index contributed by atoms with van der Waals surface area (Å²) in [7, 11) is 3.67. The van der Waals surface area contributed by atoms with Gasteiger partial charge in [0.1, 0.15) is 5.82 Å². The van der Waals surface area contributed by atoms with E-state index < -0.39 is 0 Å². The molecule has 0 aliphatic carbocycles. The number of carbonyl (C=O) groups excluding carboxylic acids is 1. The van der Waals surface area contributed by atoms with Gasteiger partial charge in [-0.1, -0.05) is 6.92 Å². The van der Waals surface area contributed by atoms with Crippen LogP contribution in [-0.2, 0) is 24.8 Å². The zero-order valence-corrected chi connectivity index (χ0v) is 14.1. The molecule has 2 aromatic heterocycles. The van der Waals surface area contributed by atoms with Crippen molar-refractivity contribution in [1.29, 1.82) is 0 Å². The van der Waals surface area contributed by atoms with Crippen molar-refractivity contribution in [3.8, 4) is 0 Å². The minimum Gasteiger partial charge on any atom is -0.336 e. The lowest BCUT2D eigenvalue weighted by atomic mass is 10.1. The van der Waals surface area contributed by atoms with E-state index in [-0.39, 0.29) is 23.6 Å². The normalized spacial score (nSPS) is 20.8. The predicted molar refractivity (Wildman–Crippen MR) is 88.2 cm³/mol. The van der Waals surface area contributed by atoms with Gasteiger partial charge in [0.15, 0.2) is 0 Å². The van der Waals surface area contributed by atoms with E-state index in [1.807, 2.05) is 20.0 Å². The number of H-pyrrole nitrogens is 1. The van der Waals surface area contributed by atoms with E-state index in [9.17, 15) is 9.59 Å².